The number of halogens is 1. The van der Waals surface area contributed by atoms with Gasteiger partial charge in [-0.25, -0.2) is 29.3 Å². The van der Waals surface area contributed by atoms with Gasteiger partial charge in [0.25, 0.3) is 0 Å². The van der Waals surface area contributed by atoms with Crippen molar-refractivity contribution in [1.82, 2.24) is 49.9 Å². The third kappa shape index (κ3) is 8.46. The SMILES string of the molecule is CCCSc1nc(C)c2nnn([C@@H]3C[C@H](OCCO)[C@@H](O)[C@H]3O)c2n1.CCCSc1nc(Cl)c2nnn([C@@H]3C[C@H](OCCO)[C@@H](O)[C@H]3O)c2n1. The fraction of sp³-hybridized carbons (Fsp3) is 0.724. The number of hydrogen-bond donors (Lipinski definition) is 6. The highest BCUT2D eigenvalue weighted by Gasteiger charge is 2.45. The quantitative estimate of drug-likeness (QED) is 0.0581. The summed E-state index contributed by atoms with van der Waals surface area (Å²) >= 11 is 9.22. The molecule has 8 atom stereocenters. The Balaban J connectivity index is 0.000000194. The minimum atomic E-state index is -1.09. The van der Waals surface area contributed by atoms with Gasteiger partial charge in [-0.1, -0.05) is 59.4 Å². The second kappa shape index (κ2) is 17.9. The molecule has 6 N–H and O–H groups in total. The highest BCUT2D eigenvalue weighted by atomic mass is 35.5. The highest BCUT2D eigenvalue weighted by Crippen LogP contribution is 2.36. The molecular formula is C29H43ClN10O8S2. The first-order valence-electron chi connectivity index (χ1n) is 16.4. The number of aromatic nitrogens is 10. The van der Waals surface area contributed by atoms with Crippen LogP contribution in [-0.2, 0) is 9.47 Å². The zero-order valence-corrected chi connectivity index (χ0v) is 30.2. The third-order valence-electron chi connectivity index (χ3n) is 8.28. The molecule has 0 unspecified atom stereocenters. The van der Waals surface area contributed by atoms with Gasteiger partial charge in [0.1, 0.15) is 24.4 Å². The van der Waals surface area contributed by atoms with E-state index in [0.717, 1.165) is 30.0 Å². The Morgan fingerprint density at radius 1 is 0.700 bits per heavy atom. The van der Waals surface area contributed by atoms with Gasteiger partial charge < -0.3 is 40.1 Å². The third-order valence-corrected chi connectivity index (χ3v) is 10.7. The summed E-state index contributed by atoms with van der Waals surface area (Å²) in [6.45, 7) is 5.90. The summed E-state index contributed by atoms with van der Waals surface area (Å²) in [5.74, 6) is 1.76. The second-order valence-electron chi connectivity index (χ2n) is 11.8. The lowest BCUT2D eigenvalue weighted by Gasteiger charge is -2.17. The van der Waals surface area contributed by atoms with Crippen LogP contribution >= 0.6 is 35.1 Å². The van der Waals surface area contributed by atoms with Gasteiger partial charge in [0, 0.05) is 24.3 Å². The summed E-state index contributed by atoms with van der Waals surface area (Å²) in [5, 5.41) is 76.6. The van der Waals surface area contributed by atoms with Crippen LogP contribution in [0.25, 0.3) is 22.3 Å². The molecule has 0 aromatic carbocycles. The maximum absolute atomic E-state index is 10.4. The van der Waals surface area contributed by atoms with Crippen molar-refractivity contribution in [2.75, 3.05) is 37.9 Å². The highest BCUT2D eigenvalue weighted by molar-refractivity contribution is 7.99. The van der Waals surface area contributed by atoms with Crippen LogP contribution < -0.4 is 0 Å². The largest absolute Gasteiger partial charge is 0.394 e. The maximum atomic E-state index is 10.4. The minimum absolute atomic E-state index is 0.0884. The summed E-state index contributed by atoms with van der Waals surface area (Å²) in [6.07, 6.45) is -2.76. The molecule has 4 heterocycles. The summed E-state index contributed by atoms with van der Waals surface area (Å²) in [4.78, 5) is 17.6. The van der Waals surface area contributed by atoms with Gasteiger partial charge in [-0.3, -0.25) is 0 Å². The van der Waals surface area contributed by atoms with Crippen molar-refractivity contribution >= 4 is 57.5 Å². The van der Waals surface area contributed by atoms with Crippen LogP contribution in [-0.4, -0.2) is 155 Å². The number of fused-ring (bicyclic) bond motifs is 2. The van der Waals surface area contributed by atoms with Gasteiger partial charge >= 0.3 is 0 Å². The van der Waals surface area contributed by atoms with E-state index in [0.29, 0.717) is 45.5 Å². The van der Waals surface area contributed by atoms with Crippen LogP contribution in [0.1, 0.15) is 57.3 Å². The van der Waals surface area contributed by atoms with E-state index in [1.807, 2.05) is 6.92 Å². The molecule has 4 aromatic rings. The second-order valence-corrected chi connectivity index (χ2v) is 14.3. The Kier molecular flexibility index (Phi) is 13.9. The number of aryl methyl sites for hydroxylation is 1. The normalized spacial score (nSPS) is 26.6. The Morgan fingerprint density at radius 3 is 1.64 bits per heavy atom. The van der Waals surface area contributed by atoms with E-state index in [2.05, 4.69) is 54.4 Å². The number of aliphatic hydroxyl groups excluding tert-OH is 6. The van der Waals surface area contributed by atoms with Crippen LogP contribution in [0, 0.1) is 6.92 Å². The van der Waals surface area contributed by atoms with Crippen LogP contribution in [0.4, 0.5) is 0 Å². The first kappa shape index (κ1) is 38.9. The van der Waals surface area contributed by atoms with Gasteiger partial charge in [0.15, 0.2) is 37.8 Å². The lowest BCUT2D eigenvalue weighted by Crippen LogP contribution is -2.33. The lowest BCUT2D eigenvalue weighted by atomic mass is 10.2. The molecule has 2 saturated carbocycles. The Bertz CT molecular complexity index is 1580. The Morgan fingerprint density at radius 2 is 1.16 bits per heavy atom. The van der Waals surface area contributed by atoms with Crippen molar-refractivity contribution in [2.24, 2.45) is 0 Å². The summed E-state index contributed by atoms with van der Waals surface area (Å²) in [7, 11) is 0. The number of ether oxygens (including phenoxy) is 2. The maximum Gasteiger partial charge on any atom is 0.191 e. The Labute approximate surface area is 301 Å². The zero-order chi connectivity index (χ0) is 35.9. The van der Waals surface area contributed by atoms with Gasteiger partial charge in [0.05, 0.1) is 56.4 Å². The van der Waals surface area contributed by atoms with Crippen molar-refractivity contribution in [2.45, 2.75) is 105 Å². The summed E-state index contributed by atoms with van der Waals surface area (Å²) < 4.78 is 13.8. The van der Waals surface area contributed by atoms with Gasteiger partial charge in [-0.15, -0.1) is 10.2 Å². The molecule has 2 fully saturated rings. The zero-order valence-electron chi connectivity index (χ0n) is 27.9. The van der Waals surface area contributed by atoms with E-state index in [9.17, 15) is 20.4 Å². The van der Waals surface area contributed by atoms with Gasteiger partial charge in [0.2, 0.25) is 0 Å². The number of aliphatic hydroxyl groups is 6. The molecule has 2 aliphatic carbocycles. The Hall–Kier alpha value is -2.37. The molecule has 6 rings (SSSR count). The predicted molar refractivity (Wildman–Crippen MR) is 183 cm³/mol. The summed E-state index contributed by atoms with van der Waals surface area (Å²) in [5.41, 5.74) is 2.63. The van der Waals surface area contributed by atoms with E-state index in [1.165, 1.54) is 16.4 Å². The number of rotatable bonds is 14. The number of thioether (sulfide) groups is 2. The van der Waals surface area contributed by atoms with Crippen LogP contribution in [0.5, 0.6) is 0 Å². The molecule has 4 aromatic heterocycles. The molecule has 0 spiro atoms. The first-order chi connectivity index (χ1) is 24.1. The number of nitrogens with zero attached hydrogens (tertiary/aromatic N) is 10. The predicted octanol–water partition coefficient (Wildman–Crippen LogP) is 0.497. The molecule has 0 saturated heterocycles. The lowest BCUT2D eigenvalue weighted by molar-refractivity contribution is -0.0629. The standard InChI is InChI=1S/C15H23N5O4S.C14H20ClN5O4S/c1-3-6-25-15-16-8(2)11-14(17-15)20(19-18-11)9-7-10(24-5-4-21)13(23)12(9)22;1-2-5-25-14-16-12(15)9-13(17-14)20(19-18-9)7-6-8(24-4-3-21)11(23)10(7)22/h9-10,12-13,21-23H,3-7H2,1-2H3;7-8,10-11,21-23H,2-6H2,1H3/t9-,10+,12+,13-;7-,8+,10+,11-/m11/s1. The number of hydrogen-bond acceptors (Lipinski definition) is 18. The molecule has 276 valence electrons. The van der Waals surface area contributed by atoms with Crippen molar-refractivity contribution in [1.29, 1.82) is 0 Å². The average molecular weight is 759 g/mol. The molecule has 0 amide bonds. The van der Waals surface area contributed by atoms with Crippen molar-refractivity contribution in [3.8, 4) is 0 Å². The van der Waals surface area contributed by atoms with Crippen molar-refractivity contribution < 1.29 is 40.1 Å². The van der Waals surface area contributed by atoms with E-state index in [1.54, 1.807) is 16.4 Å². The summed E-state index contributed by atoms with van der Waals surface area (Å²) in [6, 6.07) is -1.05. The smallest absolute Gasteiger partial charge is 0.191 e. The van der Waals surface area contributed by atoms with E-state index < -0.39 is 48.7 Å². The molecule has 0 bridgehead atoms. The molecular weight excluding hydrogens is 716 g/mol. The monoisotopic (exact) mass is 758 g/mol. The average Bonchev–Trinajstić information content (AvgIpc) is 3.86. The minimum Gasteiger partial charge on any atom is -0.394 e. The van der Waals surface area contributed by atoms with E-state index >= 15 is 0 Å². The van der Waals surface area contributed by atoms with Gasteiger partial charge in [-0.05, 0) is 19.8 Å². The van der Waals surface area contributed by atoms with Crippen LogP contribution in [0.2, 0.25) is 5.15 Å². The topological polar surface area (TPSA) is 253 Å². The molecule has 50 heavy (non-hydrogen) atoms. The molecule has 2 aliphatic rings. The van der Waals surface area contributed by atoms with E-state index in [4.69, 9.17) is 31.3 Å². The van der Waals surface area contributed by atoms with Crippen molar-refractivity contribution in [3.63, 3.8) is 0 Å². The molecule has 0 radical (unpaired) electrons. The van der Waals surface area contributed by atoms with Crippen LogP contribution in [0.3, 0.4) is 0 Å². The first-order valence-corrected chi connectivity index (χ1v) is 18.8. The van der Waals surface area contributed by atoms with E-state index in [-0.39, 0.29) is 31.6 Å². The molecule has 0 aliphatic heterocycles. The van der Waals surface area contributed by atoms with Crippen molar-refractivity contribution in [3.05, 3.63) is 10.8 Å². The fourth-order valence-corrected chi connectivity index (χ4v) is 7.52. The molecule has 21 heteroatoms. The van der Waals surface area contributed by atoms with Gasteiger partial charge in [-0.2, -0.15) is 0 Å². The molecule has 18 nitrogen and oxygen atoms in total. The van der Waals surface area contributed by atoms with Crippen LogP contribution in [0.15, 0.2) is 10.3 Å². The fourth-order valence-electron chi connectivity index (χ4n) is 5.84.